The van der Waals surface area contributed by atoms with Gasteiger partial charge in [-0.2, -0.15) is 17.9 Å². The molecule has 1 aromatic carbocycles. The second-order valence-corrected chi connectivity index (χ2v) is 8.20. The van der Waals surface area contributed by atoms with Crippen LogP contribution in [0.4, 0.5) is 27.6 Å². The van der Waals surface area contributed by atoms with Gasteiger partial charge in [-0.1, -0.05) is 11.6 Å². The summed E-state index contributed by atoms with van der Waals surface area (Å²) in [5.41, 5.74) is -0.888. The van der Waals surface area contributed by atoms with Crippen LogP contribution in [0, 0.1) is 18.6 Å². The zero-order valence-corrected chi connectivity index (χ0v) is 16.7. The molecule has 0 spiro atoms. The Bertz CT molecular complexity index is 1070. The van der Waals surface area contributed by atoms with Crippen molar-refractivity contribution in [2.45, 2.75) is 31.0 Å². The topological polar surface area (TPSA) is 80.2 Å². The van der Waals surface area contributed by atoms with E-state index in [1.54, 1.807) is 0 Å². The van der Waals surface area contributed by atoms with Gasteiger partial charge in [0.1, 0.15) is 27.5 Å². The molecule has 2 N–H and O–H groups in total. The molecule has 6 nitrogen and oxygen atoms in total. The molecule has 0 aliphatic carbocycles. The maximum absolute atomic E-state index is 14.0. The van der Waals surface area contributed by atoms with Gasteiger partial charge in [-0.05, 0) is 31.5 Å². The molecule has 0 radical (unpaired) electrons. The number of sulfonamides is 1. The van der Waals surface area contributed by atoms with Crippen molar-refractivity contribution < 1.29 is 35.2 Å². The van der Waals surface area contributed by atoms with Gasteiger partial charge in [0.2, 0.25) is 10.0 Å². The van der Waals surface area contributed by atoms with Crippen LogP contribution in [0.1, 0.15) is 23.0 Å². The highest BCUT2D eigenvalue weighted by Crippen LogP contribution is 2.28. The molecular weight excluding hydrogens is 445 g/mol. The summed E-state index contributed by atoms with van der Waals surface area (Å²) in [4.78, 5) is 11.9. The van der Waals surface area contributed by atoms with Crippen molar-refractivity contribution >= 4 is 33.2 Å². The van der Waals surface area contributed by atoms with E-state index in [9.17, 15) is 35.2 Å². The maximum Gasteiger partial charge on any atom is 0.404 e. The molecule has 0 unspecified atom stereocenters. The molecule has 0 fully saturated rings. The van der Waals surface area contributed by atoms with E-state index in [4.69, 9.17) is 11.6 Å². The molecule has 1 amide bonds. The Hall–Kier alpha value is -2.18. The van der Waals surface area contributed by atoms with Crippen LogP contribution in [-0.2, 0) is 17.1 Å². The number of nitrogens with zero attached hydrogens (tertiary/aromatic N) is 1. The third kappa shape index (κ3) is 4.70. The molecule has 1 aromatic heterocycles. The van der Waals surface area contributed by atoms with Crippen molar-refractivity contribution in [3.63, 3.8) is 0 Å². The van der Waals surface area contributed by atoms with E-state index in [1.807, 2.05) is 0 Å². The number of carbonyl (C=O) groups is 1. The lowest BCUT2D eigenvalue weighted by Crippen LogP contribution is -2.43. The number of anilines is 1. The Labute approximate surface area is 167 Å². The van der Waals surface area contributed by atoms with Crippen molar-refractivity contribution in [2.75, 3.05) is 5.32 Å². The second-order valence-electron chi connectivity index (χ2n) is 6.14. The van der Waals surface area contributed by atoms with E-state index in [0.717, 1.165) is 22.9 Å². The van der Waals surface area contributed by atoms with E-state index >= 15 is 0 Å². The first kappa shape index (κ1) is 23.1. The van der Waals surface area contributed by atoms with Crippen molar-refractivity contribution in [1.29, 1.82) is 0 Å². The number of rotatable bonds is 5. The lowest BCUT2D eigenvalue weighted by Gasteiger charge is -2.17. The Morgan fingerprint density at radius 3 is 2.38 bits per heavy atom. The minimum Gasteiger partial charge on any atom is -0.345 e. The number of benzene rings is 1. The molecule has 0 aliphatic rings. The van der Waals surface area contributed by atoms with Crippen LogP contribution in [0.3, 0.4) is 0 Å². The number of alkyl halides is 3. The van der Waals surface area contributed by atoms with Crippen molar-refractivity contribution in [3.8, 4) is 0 Å². The SMILES string of the molecule is Cc1c(S(=O)(=O)N[C@@H](C)C(F)(F)F)cn(C)c1C(=O)Nc1ccc(F)c(Cl)c1F. The summed E-state index contributed by atoms with van der Waals surface area (Å²) in [5.74, 6) is -3.26. The highest BCUT2D eigenvalue weighted by atomic mass is 35.5. The fourth-order valence-corrected chi connectivity index (χ4v) is 4.17. The van der Waals surface area contributed by atoms with Crippen LogP contribution in [0.15, 0.2) is 23.2 Å². The highest BCUT2D eigenvalue weighted by molar-refractivity contribution is 7.89. The lowest BCUT2D eigenvalue weighted by molar-refractivity contribution is -0.147. The number of hydrogen-bond donors (Lipinski definition) is 2. The third-order valence-corrected chi connectivity index (χ3v) is 6.00. The fraction of sp³-hybridized carbons (Fsp3) is 0.312. The summed E-state index contributed by atoms with van der Waals surface area (Å²) in [6, 6.07) is -0.631. The number of carbonyl (C=O) groups excluding carboxylic acids is 1. The number of halogens is 6. The van der Waals surface area contributed by atoms with E-state index in [0.29, 0.717) is 6.92 Å². The second kappa shape index (κ2) is 7.92. The quantitative estimate of drug-likeness (QED) is 0.528. The predicted octanol–water partition coefficient (Wildman–Crippen LogP) is 3.75. The first-order valence-corrected chi connectivity index (χ1v) is 9.72. The number of aryl methyl sites for hydroxylation is 1. The molecule has 2 aromatic rings. The Balaban J connectivity index is 2.39. The number of nitrogens with one attached hydrogen (secondary N) is 2. The van der Waals surface area contributed by atoms with Gasteiger partial charge in [0.15, 0.2) is 5.82 Å². The molecule has 0 aliphatic heterocycles. The largest absolute Gasteiger partial charge is 0.404 e. The van der Waals surface area contributed by atoms with E-state index < -0.39 is 55.4 Å². The Morgan fingerprint density at radius 1 is 1.24 bits per heavy atom. The van der Waals surface area contributed by atoms with Gasteiger partial charge in [-0.15, -0.1) is 0 Å². The van der Waals surface area contributed by atoms with E-state index in [2.05, 4.69) is 5.32 Å². The van der Waals surface area contributed by atoms with Crippen LogP contribution in [0.2, 0.25) is 5.02 Å². The fourth-order valence-electron chi connectivity index (χ4n) is 2.49. The minimum absolute atomic E-state index is 0.166. The smallest absolute Gasteiger partial charge is 0.345 e. The average Bonchev–Trinajstić information content (AvgIpc) is 2.89. The molecule has 160 valence electrons. The Kier molecular flexibility index (Phi) is 6.31. The normalized spacial score (nSPS) is 13.4. The van der Waals surface area contributed by atoms with Gasteiger partial charge in [-0.25, -0.2) is 17.2 Å². The zero-order valence-electron chi connectivity index (χ0n) is 15.2. The zero-order chi connectivity index (χ0) is 22.3. The Morgan fingerprint density at radius 2 is 1.83 bits per heavy atom. The first-order valence-electron chi connectivity index (χ1n) is 7.86. The molecule has 1 atom stereocenters. The molecule has 1 heterocycles. The standard InChI is InChI=1S/C16H15ClF5N3O3S/c1-7-11(29(27,28)24-8(2)16(20,21)22)6-25(3)14(7)15(26)23-10-5-4-9(18)12(17)13(10)19/h4-6,8,24H,1-3H3,(H,23,26)/t8-/m0/s1. The monoisotopic (exact) mass is 459 g/mol. The van der Waals surface area contributed by atoms with Crippen LogP contribution in [0.25, 0.3) is 0 Å². The first-order chi connectivity index (χ1) is 13.2. The van der Waals surface area contributed by atoms with Gasteiger partial charge in [0, 0.05) is 13.2 Å². The van der Waals surface area contributed by atoms with Gasteiger partial charge < -0.3 is 9.88 Å². The summed E-state index contributed by atoms with van der Waals surface area (Å²) < 4.78 is 92.4. The summed E-state index contributed by atoms with van der Waals surface area (Å²) >= 11 is 5.44. The number of aromatic nitrogens is 1. The molecule has 0 saturated carbocycles. The van der Waals surface area contributed by atoms with Crippen molar-refractivity contribution in [1.82, 2.24) is 9.29 Å². The number of amides is 1. The van der Waals surface area contributed by atoms with Gasteiger partial charge >= 0.3 is 6.18 Å². The lowest BCUT2D eigenvalue weighted by atomic mass is 10.2. The average molecular weight is 460 g/mol. The van der Waals surface area contributed by atoms with Gasteiger partial charge in [-0.3, -0.25) is 4.79 Å². The van der Waals surface area contributed by atoms with Gasteiger partial charge in [0.05, 0.1) is 5.69 Å². The molecule has 2 rings (SSSR count). The summed E-state index contributed by atoms with van der Waals surface area (Å²) in [5, 5.41) is 1.28. The predicted molar refractivity (Wildman–Crippen MR) is 95.3 cm³/mol. The van der Waals surface area contributed by atoms with E-state index in [-0.39, 0.29) is 11.3 Å². The number of hydrogen-bond acceptors (Lipinski definition) is 3. The summed E-state index contributed by atoms with van der Waals surface area (Å²) in [7, 11) is -3.34. The molecule has 0 bridgehead atoms. The highest BCUT2D eigenvalue weighted by Gasteiger charge is 2.39. The summed E-state index contributed by atoms with van der Waals surface area (Å²) in [6.07, 6.45) is -3.86. The van der Waals surface area contributed by atoms with Crippen molar-refractivity contribution in [3.05, 3.63) is 46.2 Å². The van der Waals surface area contributed by atoms with Crippen LogP contribution < -0.4 is 10.0 Å². The molecule has 0 saturated heterocycles. The maximum atomic E-state index is 14.0. The van der Waals surface area contributed by atoms with E-state index in [1.165, 1.54) is 18.7 Å². The van der Waals surface area contributed by atoms with Crippen LogP contribution in [-0.4, -0.2) is 31.1 Å². The molecule has 29 heavy (non-hydrogen) atoms. The summed E-state index contributed by atoms with van der Waals surface area (Å²) in [6.45, 7) is 1.83. The molecular formula is C16H15ClF5N3O3S. The van der Waals surface area contributed by atoms with Crippen LogP contribution >= 0.6 is 11.6 Å². The van der Waals surface area contributed by atoms with Crippen LogP contribution in [0.5, 0.6) is 0 Å². The third-order valence-electron chi connectivity index (χ3n) is 4.00. The minimum atomic E-state index is -4.81. The molecule has 13 heteroatoms. The van der Waals surface area contributed by atoms with Crippen molar-refractivity contribution in [2.24, 2.45) is 7.05 Å². The van der Waals surface area contributed by atoms with Gasteiger partial charge in [0.25, 0.3) is 5.91 Å².